The quantitative estimate of drug-likeness (QED) is 0.0289. The van der Waals surface area contributed by atoms with Crippen molar-refractivity contribution in [3.05, 3.63) is 156 Å². The SMILES string of the molecule is C=C(C)CONC(=O)c1ccc(F)c(F)c1Nc1ccc(I)cc1C.Cc1cc(I)ccc1Nc1c(C(=O)NOCCOc2ccccc2)ccc(F)c1F. The van der Waals surface area contributed by atoms with Gasteiger partial charge < -0.3 is 15.4 Å². The van der Waals surface area contributed by atoms with E-state index in [4.69, 9.17) is 14.4 Å². The van der Waals surface area contributed by atoms with Gasteiger partial charge in [0.25, 0.3) is 11.8 Å². The molecule has 0 aliphatic carbocycles. The van der Waals surface area contributed by atoms with Crippen molar-refractivity contribution in [3.63, 3.8) is 0 Å². The van der Waals surface area contributed by atoms with Crippen LogP contribution in [0.5, 0.6) is 5.75 Å². The molecule has 0 spiro atoms. The number of hydrogen-bond acceptors (Lipinski definition) is 7. The number of amides is 2. The Morgan fingerprint density at radius 3 is 1.58 bits per heavy atom. The number of ether oxygens (including phenoxy) is 1. The highest BCUT2D eigenvalue weighted by atomic mass is 127. The van der Waals surface area contributed by atoms with Crippen molar-refractivity contribution in [2.75, 3.05) is 30.5 Å². The summed E-state index contributed by atoms with van der Waals surface area (Å²) in [5.74, 6) is -5.12. The highest BCUT2D eigenvalue weighted by molar-refractivity contribution is 14.1. The van der Waals surface area contributed by atoms with Crippen molar-refractivity contribution in [1.82, 2.24) is 11.0 Å². The Morgan fingerprint density at radius 1 is 0.655 bits per heavy atom. The van der Waals surface area contributed by atoms with E-state index in [1.165, 1.54) is 12.1 Å². The van der Waals surface area contributed by atoms with Crippen LogP contribution in [-0.2, 0) is 9.68 Å². The Morgan fingerprint density at radius 2 is 1.13 bits per heavy atom. The second-order valence-electron chi connectivity index (χ2n) is 11.9. The van der Waals surface area contributed by atoms with Crippen LogP contribution in [0.15, 0.2) is 103 Å². The number of anilines is 4. The third-order valence-corrected chi connectivity index (χ3v) is 8.76. The van der Waals surface area contributed by atoms with Crippen LogP contribution >= 0.6 is 45.2 Å². The molecular formula is C40H36F4I2N4O5. The van der Waals surface area contributed by atoms with Crippen LogP contribution in [0.1, 0.15) is 38.8 Å². The maximum Gasteiger partial charge on any atom is 0.277 e. The fraction of sp³-hybridized carbons (Fsp3) is 0.150. The highest BCUT2D eigenvalue weighted by Gasteiger charge is 2.21. The summed E-state index contributed by atoms with van der Waals surface area (Å²) in [4.78, 5) is 34.8. The van der Waals surface area contributed by atoms with Crippen molar-refractivity contribution >= 4 is 79.7 Å². The first-order valence-electron chi connectivity index (χ1n) is 16.4. The molecule has 0 fully saturated rings. The zero-order chi connectivity index (χ0) is 40.1. The Bertz CT molecular complexity index is 2160. The fourth-order valence-electron chi connectivity index (χ4n) is 4.70. The van der Waals surface area contributed by atoms with E-state index in [1.54, 1.807) is 31.2 Å². The summed E-state index contributed by atoms with van der Waals surface area (Å²) >= 11 is 4.31. The summed E-state index contributed by atoms with van der Waals surface area (Å²) in [6.07, 6.45) is 0. The monoisotopic (exact) mass is 982 g/mol. The summed E-state index contributed by atoms with van der Waals surface area (Å²) in [6.45, 7) is 9.43. The van der Waals surface area contributed by atoms with E-state index in [2.05, 4.69) is 73.4 Å². The van der Waals surface area contributed by atoms with Gasteiger partial charge in [-0.25, -0.2) is 28.5 Å². The molecule has 0 atom stereocenters. The van der Waals surface area contributed by atoms with Crippen LogP contribution < -0.4 is 26.3 Å². The fourth-order valence-corrected chi connectivity index (χ4v) is 5.99. The van der Waals surface area contributed by atoms with Gasteiger partial charge in [-0.1, -0.05) is 30.4 Å². The molecule has 0 radical (unpaired) electrons. The number of benzene rings is 5. The van der Waals surface area contributed by atoms with E-state index in [0.29, 0.717) is 22.7 Å². The molecule has 2 amide bonds. The number of carbonyl (C=O) groups is 2. The average molecular weight is 983 g/mol. The van der Waals surface area contributed by atoms with E-state index in [9.17, 15) is 27.2 Å². The van der Waals surface area contributed by atoms with E-state index < -0.39 is 35.1 Å². The number of hydroxylamine groups is 2. The zero-order valence-corrected chi connectivity index (χ0v) is 34.1. The standard InChI is InChI=1S/C22H19F2IN2O3.C18H17F2IN2O2/c1-14-13-15(25)7-10-19(14)26-21-17(8-9-18(23)20(21)24)22(28)27-30-12-11-29-16-5-3-2-4-6-16;1-10(2)9-25-23-18(24)13-5-6-14(19)16(20)17(13)22-15-7-4-12(21)8-11(15)3/h2-10,13,26H,11-12H2,1H3,(H,27,28);4-8,22H,1,9H2,2-3H3,(H,23,24). The zero-order valence-electron chi connectivity index (χ0n) is 29.8. The third kappa shape index (κ3) is 12.7. The molecule has 288 valence electrons. The lowest BCUT2D eigenvalue weighted by atomic mass is 10.1. The molecule has 0 aliphatic rings. The average Bonchev–Trinajstić information content (AvgIpc) is 3.14. The van der Waals surface area contributed by atoms with Crippen LogP contribution in [0.2, 0.25) is 0 Å². The number of aryl methyl sites for hydroxylation is 2. The van der Waals surface area contributed by atoms with Crippen LogP contribution in [0.4, 0.5) is 40.3 Å². The molecular weight excluding hydrogens is 946 g/mol. The summed E-state index contributed by atoms with van der Waals surface area (Å²) < 4.78 is 63.7. The minimum Gasteiger partial charge on any atom is -0.491 e. The van der Waals surface area contributed by atoms with Crippen molar-refractivity contribution < 1.29 is 41.6 Å². The predicted molar refractivity (Wildman–Crippen MR) is 221 cm³/mol. The second-order valence-corrected chi connectivity index (χ2v) is 14.3. The van der Waals surface area contributed by atoms with Crippen LogP contribution in [0, 0.1) is 44.3 Å². The lowest BCUT2D eigenvalue weighted by Gasteiger charge is -2.15. The van der Waals surface area contributed by atoms with Gasteiger partial charge in [-0.3, -0.25) is 19.3 Å². The minimum absolute atomic E-state index is 0.0708. The maximum absolute atomic E-state index is 14.5. The second kappa shape index (κ2) is 20.8. The van der Waals surface area contributed by atoms with E-state index in [1.807, 2.05) is 56.3 Å². The topological polar surface area (TPSA) is 110 Å². The normalized spacial score (nSPS) is 10.5. The number of hydrogen-bond donors (Lipinski definition) is 4. The van der Waals surface area contributed by atoms with Crippen molar-refractivity contribution in [2.45, 2.75) is 20.8 Å². The maximum atomic E-state index is 14.5. The van der Waals surface area contributed by atoms with Crippen molar-refractivity contribution in [2.24, 2.45) is 0 Å². The van der Waals surface area contributed by atoms with Gasteiger partial charge in [0.1, 0.15) is 19.0 Å². The van der Waals surface area contributed by atoms with E-state index >= 15 is 0 Å². The molecule has 0 heterocycles. The number of carbonyl (C=O) groups excluding carboxylic acids is 2. The highest BCUT2D eigenvalue weighted by Crippen LogP contribution is 2.30. The van der Waals surface area contributed by atoms with E-state index in [-0.39, 0.29) is 42.3 Å². The molecule has 5 aromatic rings. The minimum atomic E-state index is -1.15. The molecule has 0 aromatic heterocycles. The summed E-state index contributed by atoms with van der Waals surface area (Å²) in [6, 6.07) is 24.2. The Balaban J connectivity index is 0.000000249. The van der Waals surface area contributed by atoms with Gasteiger partial charge in [0.15, 0.2) is 23.3 Å². The Labute approximate surface area is 343 Å². The first kappa shape index (κ1) is 43.0. The predicted octanol–water partition coefficient (Wildman–Crippen LogP) is 10.2. The van der Waals surface area contributed by atoms with Gasteiger partial charge in [-0.15, -0.1) is 0 Å². The Hall–Kier alpha value is -4.72. The number of para-hydroxylation sites is 1. The molecule has 15 heteroatoms. The largest absolute Gasteiger partial charge is 0.491 e. The van der Waals surface area contributed by atoms with Crippen LogP contribution in [-0.4, -0.2) is 31.6 Å². The van der Waals surface area contributed by atoms with Crippen LogP contribution in [0.25, 0.3) is 0 Å². The number of rotatable bonds is 14. The third-order valence-electron chi connectivity index (χ3n) is 7.42. The molecule has 9 nitrogen and oxygen atoms in total. The Kier molecular flexibility index (Phi) is 16.3. The van der Waals surface area contributed by atoms with Gasteiger partial charge in [0.2, 0.25) is 0 Å². The molecule has 0 bridgehead atoms. The summed E-state index contributed by atoms with van der Waals surface area (Å²) in [7, 11) is 0. The summed E-state index contributed by atoms with van der Waals surface area (Å²) in [5, 5.41) is 5.63. The van der Waals surface area contributed by atoms with Crippen molar-refractivity contribution in [3.8, 4) is 5.75 Å². The van der Waals surface area contributed by atoms with E-state index in [0.717, 1.165) is 30.4 Å². The lowest BCUT2D eigenvalue weighted by Crippen LogP contribution is -2.27. The molecule has 5 rings (SSSR count). The van der Waals surface area contributed by atoms with Gasteiger partial charge in [-0.2, -0.15) is 0 Å². The first-order chi connectivity index (χ1) is 26.2. The molecule has 0 saturated carbocycles. The smallest absolute Gasteiger partial charge is 0.277 e. The molecule has 5 aromatic carbocycles. The van der Waals surface area contributed by atoms with Gasteiger partial charge in [0.05, 0.1) is 29.1 Å². The van der Waals surface area contributed by atoms with Crippen LogP contribution in [0.3, 0.4) is 0 Å². The van der Waals surface area contributed by atoms with Gasteiger partial charge in [0, 0.05) is 18.5 Å². The lowest BCUT2D eigenvalue weighted by molar-refractivity contribution is 0.0200. The molecule has 0 unspecified atom stereocenters. The molecule has 4 N–H and O–H groups in total. The number of halogens is 6. The van der Waals surface area contributed by atoms with Gasteiger partial charge >= 0.3 is 0 Å². The van der Waals surface area contributed by atoms with Crippen molar-refractivity contribution in [1.29, 1.82) is 0 Å². The first-order valence-corrected chi connectivity index (χ1v) is 18.6. The summed E-state index contributed by atoms with van der Waals surface area (Å²) in [5.41, 5.74) is 7.26. The molecule has 55 heavy (non-hydrogen) atoms. The molecule has 0 saturated heterocycles. The molecule has 0 aliphatic heterocycles. The van der Waals surface area contributed by atoms with Gasteiger partial charge in [-0.05, 0) is 150 Å². The number of nitrogens with one attached hydrogen (secondary N) is 4.